The minimum absolute atomic E-state index is 0.249. The molecule has 0 aromatic heterocycles. The Morgan fingerprint density at radius 1 is 1.15 bits per heavy atom. The zero-order chi connectivity index (χ0) is 9.84. The molecule has 0 N–H and O–H groups in total. The van der Waals surface area contributed by atoms with Crippen LogP contribution >= 0.6 is 15.9 Å². The van der Waals surface area contributed by atoms with E-state index in [1.165, 1.54) is 0 Å². The Labute approximate surface area is 85.1 Å². The average Bonchev–Trinajstić information content (AvgIpc) is 2.04. The molecule has 0 bridgehead atoms. The number of carbonyl (C=O) groups excluding carboxylic acids is 1. The van der Waals surface area contributed by atoms with Crippen LogP contribution in [0.5, 0.6) is 0 Å². The van der Waals surface area contributed by atoms with Gasteiger partial charge in [0.05, 0.1) is 0 Å². The van der Waals surface area contributed by atoms with Gasteiger partial charge in [-0.1, -0.05) is 30.3 Å². The summed E-state index contributed by atoms with van der Waals surface area (Å²) in [5.41, 5.74) is 0.387. The summed E-state index contributed by atoms with van der Waals surface area (Å²) in [7, 11) is -2.51. The van der Waals surface area contributed by atoms with Crippen molar-refractivity contribution in [1.29, 1.82) is 0 Å². The number of halogens is 1. The Bertz CT molecular complexity index is 440. The summed E-state index contributed by atoms with van der Waals surface area (Å²) in [6, 6.07) is 8.19. The molecule has 0 unspecified atom stereocenters. The fourth-order valence-electron chi connectivity index (χ4n) is 0.865. The lowest BCUT2D eigenvalue weighted by molar-refractivity contribution is -0.104. The summed E-state index contributed by atoms with van der Waals surface area (Å²) in [5, 5.41) is 0. The van der Waals surface area contributed by atoms with E-state index < -0.39 is 15.0 Å². The summed E-state index contributed by atoms with van der Waals surface area (Å²) >= 11 is 2.61. The van der Waals surface area contributed by atoms with Gasteiger partial charge in [-0.25, -0.2) is 0 Å². The molecule has 13 heavy (non-hydrogen) atoms. The van der Waals surface area contributed by atoms with Gasteiger partial charge >= 0.3 is 0 Å². The number of hydrogen-bond acceptors (Lipinski definition) is 3. The van der Waals surface area contributed by atoms with E-state index in [4.69, 9.17) is 0 Å². The quantitative estimate of drug-likeness (QED) is 0.453. The van der Waals surface area contributed by atoms with Crippen molar-refractivity contribution in [2.75, 3.05) is 0 Å². The number of benzene rings is 1. The average molecular weight is 261 g/mol. The largest absolute Gasteiger partial charge is 0.280 e. The molecule has 0 spiro atoms. The van der Waals surface area contributed by atoms with Gasteiger partial charge in [-0.05, 0) is 15.9 Å². The van der Waals surface area contributed by atoms with Crippen LogP contribution in [0.25, 0.3) is 0 Å². The van der Waals surface area contributed by atoms with Crippen molar-refractivity contribution >= 4 is 35.8 Å². The van der Waals surface area contributed by atoms with Crippen LogP contribution in [-0.2, 0) is 15.1 Å². The highest BCUT2D eigenvalue weighted by Gasteiger charge is 2.11. The Balaban J connectivity index is 3.38. The predicted octanol–water partition coefficient (Wildman–Crippen LogP) is 1.01. The molecule has 5 heteroatoms. The zero-order valence-corrected chi connectivity index (χ0v) is 8.80. The molecule has 0 heterocycles. The van der Waals surface area contributed by atoms with Gasteiger partial charge in [0, 0.05) is 5.56 Å². The summed E-state index contributed by atoms with van der Waals surface area (Å²) < 4.78 is 20.7. The van der Waals surface area contributed by atoms with Gasteiger partial charge in [0.1, 0.15) is 0 Å². The summed E-state index contributed by atoms with van der Waals surface area (Å²) in [6.07, 6.45) is 0. The van der Waals surface area contributed by atoms with Gasteiger partial charge < -0.3 is 0 Å². The Kier molecular flexibility index (Phi) is 3.39. The lowest BCUT2D eigenvalue weighted by atomic mass is 10.2. The highest BCUT2D eigenvalue weighted by molar-refractivity contribution is 9.19. The van der Waals surface area contributed by atoms with Gasteiger partial charge in [-0.3, -0.25) is 4.79 Å². The third kappa shape index (κ3) is 2.50. The van der Waals surface area contributed by atoms with Gasteiger partial charge in [-0.15, -0.1) is 0 Å². The molecule has 3 nitrogen and oxygen atoms in total. The van der Waals surface area contributed by atoms with E-state index in [-0.39, 0.29) is 4.86 Å². The molecule has 0 fully saturated rings. The number of rotatable bonds is 2. The van der Waals surface area contributed by atoms with Crippen LogP contribution < -0.4 is 0 Å². The van der Waals surface area contributed by atoms with Gasteiger partial charge in [0.25, 0.3) is 0 Å². The number of carbonyl (C=O) groups is 1. The topological polar surface area (TPSA) is 51.2 Å². The molecule has 0 aliphatic carbocycles. The van der Waals surface area contributed by atoms with Crippen LogP contribution in [0.2, 0.25) is 0 Å². The molecule has 0 aliphatic rings. The fraction of sp³-hybridized carbons (Fsp3) is 0. The molecule has 0 amide bonds. The van der Waals surface area contributed by atoms with Crippen LogP contribution in [0, 0.1) is 0 Å². The normalized spacial score (nSPS) is 9.31. The van der Waals surface area contributed by atoms with Crippen LogP contribution in [0.15, 0.2) is 30.3 Å². The third-order valence-corrected chi connectivity index (χ3v) is 2.79. The van der Waals surface area contributed by atoms with Crippen LogP contribution in [0.4, 0.5) is 0 Å². The van der Waals surface area contributed by atoms with Crippen molar-refractivity contribution in [3.63, 3.8) is 0 Å². The smallest absolute Gasteiger partial charge is 0.244 e. The van der Waals surface area contributed by atoms with E-state index in [9.17, 15) is 13.2 Å². The molecule has 0 aliphatic heterocycles. The lowest BCUT2D eigenvalue weighted by Gasteiger charge is -1.94. The van der Waals surface area contributed by atoms with Crippen molar-refractivity contribution in [2.24, 2.45) is 0 Å². The molecular weight excluding hydrogens is 256 g/mol. The Morgan fingerprint density at radius 2 is 1.69 bits per heavy atom. The maximum atomic E-state index is 10.9. The van der Waals surface area contributed by atoms with E-state index in [0.717, 1.165) is 0 Å². The third-order valence-electron chi connectivity index (χ3n) is 1.38. The molecular formula is C8H5BrO3S. The second kappa shape index (κ2) is 4.34. The minimum Gasteiger partial charge on any atom is -0.280 e. The van der Waals surface area contributed by atoms with Gasteiger partial charge in [-0.2, -0.15) is 8.42 Å². The minimum atomic E-state index is -2.51. The van der Waals surface area contributed by atoms with E-state index in [0.29, 0.717) is 5.56 Å². The highest BCUT2D eigenvalue weighted by atomic mass is 79.9. The van der Waals surface area contributed by atoms with Crippen molar-refractivity contribution in [1.82, 2.24) is 0 Å². The van der Waals surface area contributed by atoms with Crippen LogP contribution in [-0.4, -0.2) is 18.0 Å². The molecule has 0 saturated carbocycles. The Morgan fingerprint density at radius 3 is 2.08 bits per heavy atom. The van der Waals surface area contributed by atoms with Crippen LogP contribution in [0.3, 0.4) is 0 Å². The van der Waals surface area contributed by atoms with E-state index in [1.54, 1.807) is 30.3 Å². The summed E-state index contributed by atoms with van der Waals surface area (Å²) in [6.45, 7) is 0. The predicted molar refractivity (Wildman–Crippen MR) is 53.4 cm³/mol. The first-order chi connectivity index (χ1) is 6.13. The summed E-state index contributed by atoms with van der Waals surface area (Å²) in [4.78, 5) is 10.6. The van der Waals surface area contributed by atoms with Gasteiger partial charge in [0.2, 0.25) is 15.0 Å². The molecule has 1 aromatic carbocycles. The molecule has 0 atom stereocenters. The Hall–Kier alpha value is -0.940. The van der Waals surface area contributed by atoms with Crippen molar-refractivity contribution in [3.05, 3.63) is 35.9 Å². The van der Waals surface area contributed by atoms with E-state index in [2.05, 4.69) is 15.9 Å². The molecule has 1 aromatic rings. The molecule has 68 valence electrons. The van der Waals surface area contributed by atoms with E-state index >= 15 is 0 Å². The number of hydrogen-bond donors (Lipinski definition) is 0. The lowest BCUT2D eigenvalue weighted by Crippen LogP contribution is -2.09. The first-order valence-electron chi connectivity index (χ1n) is 3.34. The van der Waals surface area contributed by atoms with Crippen molar-refractivity contribution in [2.45, 2.75) is 0 Å². The zero-order valence-electron chi connectivity index (χ0n) is 6.40. The standard InChI is InChI=1S/C8H5BrO3S/c9-8(10)7(13(11)12)6-4-2-1-3-5-6/h1-5H. The summed E-state index contributed by atoms with van der Waals surface area (Å²) in [5.74, 6) is 0. The molecule has 0 saturated heterocycles. The first-order valence-corrected chi connectivity index (χ1v) is 5.21. The van der Waals surface area contributed by atoms with E-state index in [1.807, 2.05) is 0 Å². The highest BCUT2D eigenvalue weighted by Crippen LogP contribution is 2.03. The monoisotopic (exact) mass is 260 g/mol. The molecule has 0 radical (unpaired) electrons. The molecule has 1 rings (SSSR count). The SMILES string of the molecule is O=C(Br)C(c1ccccc1)=S(=O)=O. The maximum Gasteiger partial charge on any atom is 0.244 e. The second-order valence-corrected chi connectivity index (χ2v) is 3.80. The van der Waals surface area contributed by atoms with Crippen molar-refractivity contribution < 1.29 is 13.2 Å². The van der Waals surface area contributed by atoms with Crippen LogP contribution in [0.1, 0.15) is 5.56 Å². The maximum absolute atomic E-state index is 10.9. The second-order valence-electron chi connectivity index (χ2n) is 2.20. The fourth-order valence-corrected chi connectivity index (χ4v) is 1.95. The van der Waals surface area contributed by atoms with Crippen molar-refractivity contribution in [3.8, 4) is 0 Å². The van der Waals surface area contributed by atoms with Gasteiger partial charge in [0.15, 0.2) is 4.86 Å². The first kappa shape index (κ1) is 10.1.